The molecule has 1 saturated heterocycles. The Kier molecular flexibility index (Phi) is 6.08. The van der Waals surface area contributed by atoms with Crippen molar-refractivity contribution in [1.29, 1.82) is 0 Å². The summed E-state index contributed by atoms with van der Waals surface area (Å²) in [5, 5.41) is 0. The molecule has 1 fully saturated rings. The quantitative estimate of drug-likeness (QED) is 0.601. The third-order valence-corrected chi connectivity index (χ3v) is 5.35. The number of hydrogen-bond donors (Lipinski definition) is 0. The van der Waals surface area contributed by atoms with Gasteiger partial charge >= 0.3 is 0 Å². The summed E-state index contributed by atoms with van der Waals surface area (Å²) in [4.78, 5) is 15.0. The molecule has 1 rings (SSSR count). The van der Waals surface area contributed by atoms with E-state index in [2.05, 4.69) is 18.7 Å². The van der Waals surface area contributed by atoms with Crippen LogP contribution in [0, 0.1) is 0 Å². The van der Waals surface area contributed by atoms with Gasteiger partial charge in [0.1, 0.15) is 0 Å². The van der Waals surface area contributed by atoms with Gasteiger partial charge in [-0.3, -0.25) is 4.79 Å². The van der Waals surface area contributed by atoms with Crippen LogP contribution < -0.4 is 0 Å². The molecule has 0 aromatic rings. The monoisotopic (exact) mass is 276 g/mol. The topological polar surface area (TPSA) is 57.7 Å². The van der Waals surface area contributed by atoms with Crippen molar-refractivity contribution in [1.82, 2.24) is 9.80 Å². The lowest BCUT2D eigenvalue weighted by molar-refractivity contribution is -0.119. The number of nitrogens with zero attached hydrogens (tertiary/aromatic N) is 2. The molecule has 1 amide bonds. The van der Waals surface area contributed by atoms with E-state index < -0.39 is 9.84 Å². The standard InChI is InChI=1S/C12H24N2O3S/c1-3-13(4-2)7-5-8-14(11-15)12-6-9-18(16,17)10-12/h11-12H,3-10H2,1-2H3/t12-/m1/s1. The Morgan fingerprint density at radius 1 is 1.22 bits per heavy atom. The highest BCUT2D eigenvalue weighted by Gasteiger charge is 2.31. The largest absolute Gasteiger partial charge is 0.341 e. The molecule has 0 unspecified atom stereocenters. The highest BCUT2D eigenvalue weighted by Crippen LogP contribution is 2.16. The Bertz CT molecular complexity index is 352. The van der Waals surface area contributed by atoms with Gasteiger partial charge in [-0.2, -0.15) is 0 Å². The minimum Gasteiger partial charge on any atom is -0.341 e. The Hall–Kier alpha value is -0.620. The Labute approximate surface area is 110 Å². The molecule has 0 radical (unpaired) electrons. The van der Waals surface area contributed by atoms with Gasteiger partial charge in [-0.15, -0.1) is 0 Å². The highest BCUT2D eigenvalue weighted by atomic mass is 32.2. The predicted octanol–water partition coefficient (Wildman–Crippen LogP) is 0.364. The maximum absolute atomic E-state index is 11.4. The Balaban J connectivity index is 2.37. The minimum atomic E-state index is -2.91. The first-order valence-electron chi connectivity index (χ1n) is 6.66. The summed E-state index contributed by atoms with van der Waals surface area (Å²) in [6, 6.07) is -0.107. The average molecular weight is 276 g/mol. The van der Waals surface area contributed by atoms with E-state index in [1.165, 1.54) is 0 Å². The fourth-order valence-electron chi connectivity index (χ4n) is 2.38. The molecular formula is C12H24N2O3S. The number of rotatable bonds is 8. The van der Waals surface area contributed by atoms with Crippen LogP contribution in [-0.4, -0.2) is 68.4 Å². The summed E-state index contributed by atoms with van der Waals surface area (Å²) in [7, 11) is -2.91. The molecule has 0 bridgehead atoms. The molecule has 1 atom stereocenters. The number of carbonyl (C=O) groups excluding carboxylic acids is 1. The molecular weight excluding hydrogens is 252 g/mol. The van der Waals surface area contributed by atoms with E-state index in [1.54, 1.807) is 4.90 Å². The molecule has 106 valence electrons. The van der Waals surface area contributed by atoms with Crippen molar-refractivity contribution in [3.8, 4) is 0 Å². The van der Waals surface area contributed by atoms with Gasteiger partial charge in [0.25, 0.3) is 0 Å². The summed E-state index contributed by atoms with van der Waals surface area (Å²) in [6.07, 6.45) is 2.29. The van der Waals surface area contributed by atoms with Gasteiger partial charge in [-0.1, -0.05) is 13.8 Å². The lowest BCUT2D eigenvalue weighted by Crippen LogP contribution is -2.37. The van der Waals surface area contributed by atoms with Gasteiger partial charge in [-0.05, 0) is 32.5 Å². The highest BCUT2D eigenvalue weighted by molar-refractivity contribution is 7.91. The smallest absolute Gasteiger partial charge is 0.209 e. The molecule has 6 heteroatoms. The number of hydrogen-bond acceptors (Lipinski definition) is 4. The molecule has 0 N–H and O–H groups in total. The van der Waals surface area contributed by atoms with E-state index in [9.17, 15) is 13.2 Å². The van der Waals surface area contributed by atoms with Crippen LogP contribution >= 0.6 is 0 Å². The SMILES string of the molecule is CCN(CC)CCCN(C=O)[C@@H]1CCS(=O)(=O)C1. The van der Waals surface area contributed by atoms with Gasteiger partial charge in [0, 0.05) is 12.6 Å². The average Bonchev–Trinajstić information content (AvgIpc) is 2.70. The fraction of sp³-hybridized carbons (Fsp3) is 0.917. The van der Waals surface area contributed by atoms with Crippen molar-refractivity contribution in [3.05, 3.63) is 0 Å². The van der Waals surface area contributed by atoms with Crippen LogP contribution in [0.4, 0.5) is 0 Å². The first-order chi connectivity index (χ1) is 8.52. The van der Waals surface area contributed by atoms with E-state index in [4.69, 9.17) is 0 Å². The van der Waals surface area contributed by atoms with Gasteiger partial charge < -0.3 is 9.80 Å². The third kappa shape index (κ3) is 4.57. The second kappa shape index (κ2) is 7.09. The Morgan fingerprint density at radius 3 is 2.33 bits per heavy atom. The lowest BCUT2D eigenvalue weighted by atomic mass is 10.2. The molecule has 0 spiro atoms. The molecule has 0 aliphatic carbocycles. The first-order valence-corrected chi connectivity index (χ1v) is 8.48. The van der Waals surface area contributed by atoms with Crippen LogP contribution in [0.1, 0.15) is 26.7 Å². The van der Waals surface area contributed by atoms with E-state index in [-0.39, 0.29) is 17.5 Å². The predicted molar refractivity (Wildman–Crippen MR) is 72.2 cm³/mol. The maximum Gasteiger partial charge on any atom is 0.209 e. The number of sulfone groups is 1. The van der Waals surface area contributed by atoms with E-state index in [0.717, 1.165) is 32.5 Å². The minimum absolute atomic E-state index is 0.107. The molecule has 1 aliphatic heterocycles. The molecule has 0 aromatic carbocycles. The van der Waals surface area contributed by atoms with Gasteiger partial charge in [0.2, 0.25) is 6.41 Å². The second-order valence-electron chi connectivity index (χ2n) is 4.78. The molecule has 1 aliphatic rings. The third-order valence-electron chi connectivity index (χ3n) is 3.60. The maximum atomic E-state index is 11.4. The van der Waals surface area contributed by atoms with Crippen molar-refractivity contribution in [2.24, 2.45) is 0 Å². The van der Waals surface area contributed by atoms with E-state index in [0.29, 0.717) is 13.0 Å². The van der Waals surface area contributed by atoms with Crippen LogP contribution in [0.15, 0.2) is 0 Å². The molecule has 1 heterocycles. The van der Waals surface area contributed by atoms with E-state index >= 15 is 0 Å². The van der Waals surface area contributed by atoms with Gasteiger partial charge in [0.15, 0.2) is 9.84 Å². The molecule has 5 nitrogen and oxygen atoms in total. The van der Waals surface area contributed by atoms with Crippen LogP contribution in [-0.2, 0) is 14.6 Å². The van der Waals surface area contributed by atoms with Crippen LogP contribution in [0.3, 0.4) is 0 Å². The van der Waals surface area contributed by atoms with Crippen LogP contribution in [0.5, 0.6) is 0 Å². The molecule has 18 heavy (non-hydrogen) atoms. The van der Waals surface area contributed by atoms with Crippen molar-refractivity contribution in [3.63, 3.8) is 0 Å². The Morgan fingerprint density at radius 2 is 1.89 bits per heavy atom. The number of amides is 1. The fourth-order valence-corrected chi connectivity index (χ4v) is 4.12. The van der Waals surface area contributed by atoms with Crippen LogP contribution in [0.2, 0.25) is 0 Å². The van der Waals surface area contributed by atoms with Crippen LogP contribution in [0.25, 0.3) is 0 Å². The summed E-state index contributed by atoms with van der Waals surface area (Å²) in [5.41, 5.74) is 0. The zero-order valence-corrected chi connectivity index (χ0v) is 12.2. The normalized spacial score (nSPS) is 22.3. The summed E-state index contributed by atoms with van der Waals surface area (Å²) in [6.45, 7) is 7.86. The molecule has 0 saturated carbocycles. The van der Waals surface area contributed by atoms with Gasteiger partial charge in [-0.25, -0.2) is 8.42 Å². The zero-order valence-electron chi connectivity index (χ0n) is 11.3. The van der Waals surface area contributed by atoms with E-state index in [1.807, 2.05) is 0 Å². The second-order valence-corrected chi connectivity index (χ2v) is 7.01. The van der Waals surface area contributed by atoms with Crippen molar-refractivity contribution < 1.29 is 13.2 Å². The van der Waals surface area contributed by atoms with Crippen molar-refractivity contribution in [2.75, 3.05) is 37.7 Å². The zero-order chi connectivity index (χ0) is 13.6. The first kappa shape index (κ1) is 15.4. The van der Waals surface area contributed by atoms with Crippen molar-refractivity contribution in [2.45, 2.75) is 32.7 Å². The summed E-state index contributed by atoms with van der Waals surface area (Å²) < 4.78 is 22.8. The van der Waals surface area contributed by atoms with Crippen molar-refractivity contribution >= 4 is 16.2 Å². The molecule has 0 aromatic heterocycles. The summed E-state index contributed by atoms with van der Waals surface area (Å²) >= 11 is 0. The van der Waals surface area contributed by atoms with Gasteiger partial charge in [0.05, 0.1) is 11.5 Å². The number of carbonyl (C=O) groups is 1. The lowest BCUT2D eigenvalue weighted by Gasteiger charge is -2.25. The summed E-state index contributed by atoms with van der Waals surface area (Å²) in [5.74, 6) is 0.356.